The molecule has 0 saturated carbocycles. The van der Waals surface area contributed by atoms with Crippen LogP contribution in [0, 0.1) is 11.3 Å². The van der Waals surface area contributed by atoms with Gasteiger partial charge in [-0.1, -0.05) is 18.2 Å². The molecule has 1 aliphatic rings. The summed E-state index contributed by atoms with van der Waals surface area (Å²) in [6.07, 6.45) is 1.91. The maximum absolute atomic E-state index is 9.98. The highest BCUT2D eigenvalue weighted by Crippen LogP contribution is 2.37. The molecule has 0 N–H and O–H groups in total. The van der Waals surface area contributed by atoms with Crippen molar-refractivity contribution in [3.8, 4) is 6.07 Å². The Morgan fingerprint density at radius 1 is 1.09 bits per heavy atom. The lowest BCUT2D eigenvalue weighted by molar-refractivity contribution is 0.00578. The zero-order valence-electron chi connectivity index (χ0n) is 20.2. The zero-order chi connectivity index (χ0) is 23.8. The summed E-state index contributed by atoms with van der Waals surface area (Å²) >= 11 is 1.53. The first-order valence-electron chi connectivity index (χ1n) is 11.4. The average molecular weight is 459 g/mol. The second-order valence-electron chi connectivity index (χ2n) is 9.23. The van der Waals surface area contributed by atoms with E-state index in [0.717, 1.165) is 40.0 Å². The number of nitrogens with zero attached hydrogens (tertiary/aromatic N) is 3. The van der Waals surface area contributed by atoms with Gasteiger partial charge in [0.2, 0.25) is 0 Å². The number of nitriles is 1. The Morgan fingerprint density at radius 3 is 2.36 bits per heavy atom. The summed E-state index contributed by atoms with van der Waals surface area (Å²) in [6.45, 7) is 14.3. The molecular weight excluding hydrogens is 429 g/mol. The molecule has 4 rings (SSSR count). The van der Waals surface area contributed by atoms with Gasteiger partial charge in [0.25, 0.3) is 0 Å². The molecule has 0 radical (unpaired) electrons. The Bertz CT molecular complexity index is 1190. The second kappa shape index (κ2) is 8.94. The van der Waals surface area contributed by atoms with E-state index in [9.17, 15) is 5.26 Å². The van der Waals surface area contributed by atoms with Crippen LogP contribution >= 0.6 is 11.3 Å². The van der Waals surface area contributed by atoms with Crippen LogP contribution in [-0.2, 0) is 9.31 Å². The van der Waals surface area contributed by atoms with E-state index in [4.69, 9.17) is 9.31 Å². The Morgan fingerprint density at radius 2 is 1.76 bits per heavy atom. The summed E-state index contributed by atoms with van der Waals surface area (Å²) in [5.74, 6) is 0. The van der Waals surface area contributed by atoms with Gasteiger partial charge in [0.15, 0.2) is 0 Å². The van der Waals surface area contributed by atoms with E-state index in [-0.39, 0.29) is 0 Å². The van der Waals surface area contributed by atoms with Crippen LogP contribution in [-0.4, -0.2) is 36.4 Å². The molecule has 0 unspecified atom stereocenters. The summed E-state index contributed by atoms with van der Waals surface area (Å²) in [7, 11) is -0.521. The molecule has 0 atom stereocenters. The molecule has 33 heavy (non-hydrogen) atoms. The number of benzene rings is 2. The van der Waals surface area contributed by atoms with E-state index in [0.29, 0.717) is 10.6 Å². The minimum atomic E-state index is -0.521. The summed E-state index contributed by atoms with van der Waals surface area (Å²) < 4.78 is 13.9. The Balaban J connectivity index is 1.82. The van der Waals surface area contributed by atoms with Crippen molar-refractivity contribution in [3.05, 3.63) is 53.0 Å². The van der Waals surface area contributed by atoms with Gasteiger partial charge in [-0.3, -0.25) is 0 Å². The second-order valence-corrected chi connectivity index (χ2v) is 10.3. The topological polar surface area (TPSA) is 58.4 Å². The quantitative estimate of drug-likeness (QED) is 0.360. The third-order valence-corrected chi connectivity index (χ3v) is 7.72. The first-order valence-corrected chi connectivity index (χ1v) is 12.2. The molecule has 7 heteroatoms. The van der Waals surface area contributed by atoms with Crippen LogP contribution in [0.3, 0.4) is 0 Å². The van der Waals surface area contributed by atoms with Gasteiger partial charge < -0.3 is 14.2 Å². The first-order chi connectivity index (χ1) is 15.7. The zero-order valence-corrected chi connectivity index (χ0v) is 21.0. The molecule has 1 aromatic heterocycles. The van der Waals surface area contributed by atoms with E-state index in [1.807, 2.05) is 30.3 Å². The van der Waals surface area contributed by atoms with Crippen LogP contribution in [0.25, 0.3) is 21.9 Å². The molecule has 170 valence electrons. The lowest BCUT2D eigenvalue weighted by Gasteiger charge is -2.32. The molecular formula is C26H30BN3O2S. The Labute approximate surface area is 200 Å². The lowest BCUT2D eigenvalue weighted by Crippen LogP contribution is -2.41. The van der Waals surface area contributed by atoms with Crippen molar-refractivity contribution < 1.29 is 9.31 Å². The van der Waals surface area contributed by atoms with E-state index < -0.39 is 18.3 Å². The van der Waals surface area contributed by atoms with Crippen molar-refractivity contribution in [3.63, 3.8) is 0 Å². The van der Waals surface area contributed by atoms with E-state index in [1.165, 1.54) is 11.3 Å². The summed E-state index contributed by atoms with van der Waals surface area (Å²) in [5.41, 5.74) is 3.47. The minimum absolute atomic E-state index is 0.449. The molecule has 1 saturated heterocycles. The summed E-state index contributed by atoms with van der Waals surface area (Å²) in [6, 6.07) is 16.6. The number of para-hydroxylation sites is 1. The van der Waals surface area contributed by atoms with Crippen molar-refractivity contribution in [1.82, 2.24) is 4.98 Å². The number of hydrogen-bond acceptors (Lipinski definition) is 6. The standard InChI is InChI=1S/C26H30BN3O2S/c1-7-30(8-2)20-14-13-18(21(16-20)27-31-25(3,4)26(5,6)32-27)15-19(17-28)24-29-22-11-9-10-12-23(22)33-24/h9-16H,7-8H2,1-6H3/b19-15+. The molecule has 2 heterocycles. The molecule has 2 aromatic carbocycles. The highest BCUT2D eigenvalue weighted by Gasteiger charge is 2.52. The summed E-state index contributed by atoms with van der Waals surface area (Å²) in [5, 5.41) is 10.7. The minimum Gasteiger partial charge on any atom is -0.399 e. The first kappa shape index (κ1) is 23.5. The molecule has 0 aliphatic carbocycles. The van der Waals surface area contributed by atoms with Crippen LogP contribution in [0.4, 0.5) is 5.69 Å². The Kier molecular flexibility index (Phi) is 6.37. The van der Waals surface area contributed by atoms with Gasteiger partial charge in [0, 0.05) is 18.8 Å². The summed E-state index contributed by atoms with van der Waals surface area (Å²) in [4.78, 5) is 6.98. The molecule has 0 bridgehead atoms. The van der Waals surface area contributed by atoms with Crippen molar-refractivity contribution in [2.45, 2.75) is 52.7 Å². The smallest absolute Gasteiger partial charge is 0.399 e. The number of aromatic nitrogens is 1. The van der Waals surface area contributed by atoms with Crippen LogP contribution in [0.15, 0.2) is 42.5 Å². The van der Waals surface area contributed by atoms with Gasteiger partial charge in [0.05, 0.1) is 27.0 Å². The van der Waals surface area contributed by atoms with Crippen molar-refractivity contribution in [2.75, 3.05) is 18.0 Å². The maximum Gasteiger partial charge on any atom is 0.495 e. The highest BCUT2D eigenvalue weighted by molar-refractivity contribution is 7.19. The van der Waals surface area contributed by atoms with Crippen LogP contribution in [0.5, 0.6) is 0 Å². The predicted molar refractivity (Wildman–Crippen MR) is 139 cm³/mol. The Hall–Kier alpha value is -2.66. The monoisotopic (exact) mass is 459 g/mol. The largest absolute Gasteiger partial charge is 0.495 e. The SMILES string of the molecule is CCN(CC)c1ccc(/C=C(\C#N)c2nc3ccccc3s2)c(B2OC(C)(C)C(C)(C)O2)c1. The average Bonchev–Trinajstić information content (AvgIpc) is 3.30. The fourth-order valence-electron chi connectivity index (χ4n) is 3.94. The number of hydrogen-bond donors (Lipinski definition) is 0. The molecule has 1 aliphatic heterocycles. The van der Waals surface area contributed by atoms with Crippen molar-refractivity contribution in [2.24, 2.45) is 0 Å². The van der Waals surface area contributed by atoms with Gasteiger partial charge in [-0.05, 0) is 82.9 Å². The number of rotatable bonds is 6. The normalized spacial score (nSPS) is 17.4. The number of allylic oxidation sites excluding steroid dienone is 1. The molecule has 3 aromatic rings. The van der Waals surface area contributed by atoms with Gasteiger partial charge in [0.1, 0.15) is 11.1 Å². The predicted octanol–water partition coefficient (Wildman–Crippen LogP) is 5.51. The van der Waals surface area contributed by atoms with Crippen LogP contribution in [0.2, 0.25) is 0 Å². The van der Waals surface area contributed by atoms with E-state index in [1.54, 1.807) is 0 Å². The third-order valence-electron chi connectivity index (χ3n) is 6.65. The maximum atomic E-state index is 9.98. The fourth-order valence-corrected chi connectivity index (χ4v) is 4.87. The van der Waals surface area contributed by atoms with E-state index >= 15 is 0 Å². The number of fused-ring (bicyclic) bond motifs is 1. The highest BCUT2D eigenvalue weighted by atomic mass is 32.1. The number of thiazole rings is 1. The van der Waals surface area contributed by atoms with Gasteiger partial charge in [-0.2, -0.15) is 5.26 Å². The fraction of sp³-hybridized carbons (Fsp3) is 0.385. The van der Waals surface area contributed by atoms with Crippen molar-refractivity contribution in [1.29, 1.82) is 5.26 Å². The third kappa shape index (κ3) is 4.43. The van der Waals surface area contributed by atoms with Gasteiger partial charge in [-0.25, -0.2) is 4.98 Å². The van der Waals surface area contributed by atoms with Crippen molar-refractivity contribution >= 4 is 51.5 Å². The van der Waals surface area contributed by atoms with E-state index in [2.05, 4.69) is 75.7 Å². The molecule has 5 nitrogen and oxygen atoms in total. The van der Waals surface area contributed by atoms with Gasteiger partial charge >= 0.3 is 7.12 Å². The molecule has 1 fully saturated rings. The lowest BCUT2D eigenvalue weighted by atomic mass is 9.75. The van der Waals surface area contributed by atoms with Crippen LogP contribution in [0.1, 0.15) is 52.1 Å². The van der Waals surface area contributed by atoms with Gasteiger partial charge in [-0.15, -0.1) is 11.3 Å². The molecule has 0 amide bonds. The number of anilines is 1. The molecule has 0 spiro atoms. The van der Waals surface area contributed by atoms with Crippen LogP contribution < -0.4 is 10.4 Å².